The van der Waals surface area contributed by atoms with Gasteiger partial charge in [0, 0.05) is 42.8 Å². The van der Waals surface area contributed by atoms with E-state index in [0.717, 1.165) is 39.1 Å². The highest BCUT2D eigenvalue weighted by Gasteiger charge is 2.18. The topological polar surface area (TPSA) is 46.2 Å². The molecule has 0 saturated carbocycles. The minimum Gasteiger partial charge on any atom is -0.382 e. The van der Waals surface area contributed by atoms with Crippen LogP contribution in [0.1, 0.15) is 37.3 Å². The first-order chi connectivity index (χ1) is 9.42. The summed E-state index contributed by atoms with van der Waals surface area (Å²) in [5.41, 5.74) is 2.47. The molecule has 4 heteroatoms. The van der Waals surface area contributed by atoms with E-state index >= 15 is 0 Å². The van der Waals surface area contributed by atoms with E-state index < -0.39 is 0 Å². The van der Waals surface area contributed by atoms with Crippen LogP contribution in [0.5, 0.6) is 0 Å². The van der Waals surface area contributed by atoms with Crippen LogP contribution in [-0.2, 0) is 4.74 Å². The Hall–Kier alpha value is -1.13. The Balaban J connectivity index is 1.64. The van der Waals surface area contributed by atoms with Crippen molar-refractivity contribution in [1.29, 1.82) is 0 Å². The molecule has 0 amide bonds. The van der Waals surface area contributed by atoms with Gasteiger partial charge in [0.2, 0.25) is 0 Å². The van der Waals surface area contributed by atoms with Crippen molar-refractivity contribution in [2.24, 2.45) is 0 Å². The van der Waals surface area contributed by atoms with E-state index in [1.165, 1.54) is 24.2 Å². The molecule has 0 atom stereocenters. The lowest BCUT2D eigenvalue weighted by atomic mass is 9.94. The fraction of sp³-hybridized carbons (Fsp3) is 0.667. The molecule has 2 aliphatic rings. The molecule has 0 radical (unpaired) electrons. The molecule has 3 heterocycles. The van der Waals surface area contributed by atoms with Gasteiger partial charge in [-0.05, 0) is 50.9 Å². The molecule has 2 N–H and O–H groups in total. The summed E-state index contributed by atoms with van der Waals surface area (Å²) in [4.78, 5) is 4.56. The monoisotopic (exact) mass is 261 g/mol. The first-order valence-electron chi connectivity index (χ1n) is 7.43. The van der Waals surface area contributed by atoms with E-state index in [1.54, 1.807) is 0 Å². The van der Waals surface area contributed by atoms with Crippen LogP contribution in [0.4, 0.5) is 5.69 Å². The highest BCUT2D eigenvalue weighted by Crippen LogP contribution is 2.25. The Morgan fingerprint density at radius 1 is 1.16 bits per heavy atom. The van der Waals surface area contributed by atoms with Crippen LogP contribution in [0.2, 0.25) is 0 Å². The second kappa shape index (κ2) is 6.35. The smallest absolute Gasteiger partial charge is 0.0485 e. The standard InChI is InChI=1S/C15H23N3O/c1-6-16-7-2-12(1)15-11-14(3-8-17-15)18-13-4-9-19-10-5-13/h3,8,11-13,16H,1-2,4-7,9-10H2,(H,17,18). The fourth-order valence-electron chi connectivity index (χ4n) is 2.96. The summed E-state index contributed by atoms with van der Waals surface area (Å²) in [6.07, 6.45) is 6.55. The average molecular weight is 261 g/mol. The molecule has 1 aromatic rings. The van der Waals surface area contributed by atoms with Gasteiger partial charge >= 0.3 is 0 Å². The third-order valence-electron chi connectivity index (χ3n) is 4.13. The number of piperidine rings is 1. The molecule has 19 heavy (non-hydrogen) atoms. The van der Waals surface area contributed by atoms with Crippen LogP contribution in [0.3, 0.4) is 0 Å². The molecular formula is C15H23N3O. The predicted octanol–water partition coefficient (Wildman–Crippen LogP) is 2.14. The van der Waals surface area contributed by atoms with Crippen molar-refractivity contribution in [2.45, 2.75) is 37.6 Å². The van der Waals surface area contributed by atoms with Gasteiger partial charge in [-0.1, -0.05) is 0 Å². The largest absolute Gasteiger partial charge is 0.382 e. The van der Waals surface area contributed by atoms with E-state index in [4.69, 9.17) is 4.74 Å². The highest BCUT2D eigenvalue weighted by atomic mass is 16.5. The maximum absolute atomic E-state index is 5.40. The van der Waals surface area contributed by atoms with Gasteiger partial charge in [0.05, 0.1) is 0 Å². The molecule has 0 aromatic carbocycles. The van der Waals surface area contributed by atoms with E-state index in [2.05, 4.69) is 27.8 Å². The van der Waals surface area contributed by atoms with E-state index in [9.17, 15) is 0 Å². The van der Waals surface area contributed by atoms with Crippen molar-refractivity contribution in [1.82, 2.24) is 10.3 Å². The minimum atomic E-state index is 0.553. The molecule has 2 saturated heterocycles. The Bertz CT molecular complexity index is 398. The van der Waals surface area contributed by atoms with Gasteiger partial charge in [-0.25, -0.2) is 0 Å². The van der Waals surface area contributed by atoms with E-state index in [0.29, 0.717) is 12.0 Å². The lowest BCUT2D eigenvalue weighted by Crippen LogP contribution is -2.28. The van der Waals surface area contributed by atoms with Crippen LogP contribution in [-0.4, -0.2) is 37.3 Å². The molecule has 4 nitrogen and oxygen atoms in total. The van der Waals surface area contributed by atoms with Crippen LogP contribution >= 0.6 is 0 Å². The number of hydrogen-bond acceptors (Lipinski definition) is 4. The molecule has 104 valence electrons. The number of ether oxygens (including phenoxy) is 1. The van der Waals surface area contributed by atoms with Gasteiger partial charge < -0.3 is 15.4 Å². The molecule has 0 unspecified atom stereocenters. The number of nitrogens with one attached hydrogen (secondary N) is 2. The van der Waals surface area contributed by atoms with Gasteiger partial charge in [0.1, 0.15) is 0 Å². The van der Waals surface area contributed by atoms with Crippen LogP contribution in [0, 0.1) is 0 Å². The van der Waals surface area contributed by atoms with E-state index in [-0.39, 0.29) is 0 Å². The lowest BCUT2D eigenvalue weighted by Gasteiger charge is -2.25. The van der Waals surface area contributed by atoms with Gasteiger partial charge in [-0.2, -0.15) is 0 Å². The average Bonchev–Trinajstić information content (AvgIpc) is 2.49. The fourth-order valence-corrected chi connectivity index (χ4v) is 2.96. The zero-order valence-corrected chi connectivity index (χ0v) is 11.4. The molecule has 2 aliphatic heterocycles. The van der Waals surface area contributed by atoms with Crippen molar-refractivity contribution in [3.63, 3.8) is 0 Å². The van der Waals surface area contributed by atoms with Gasteiger partial charge in [0.15, 0.2) is 0 Å². The Morgan fingerprint density at radius 3 is 2.74 bits per heavy atom. The zero-order chi connectivity index (χ0) is 12.9. The molecule has 0 spiro atoms. The normalized spacial score (nSPS) is 22.3. The highest BCUT2D eigenvalue weighted by molar-refractivity contribution is 5.45. The number of aromatic nitrogens is 1. The number of anilines is 1. The SMILES string of the molecule is c1cc(NC2CCOCC2)cc(C2CCNCC2)n1. The van der Waals surface area contributed by atoms with Crippen molar-refractivity contribution in [3.05, 3.63) is 24.0 Å². The van der Waals surface area contributed by atoms with Crippen LogP contribution in [0.25, 0.3) is 0 Å². The molecular weight excluding hydrogens is 238 g/mol. The Morgan fingerprint density at radius 2 is 1.95 bits per heavy atom. The maximum atomic E-state index is 5.40. The van der Waals surface area contributed by atoms with Gasteiger partial charge in [0.25, 0.3) is 0 Å². The van der Waals surface area contributed by atoms with Gasteiger partial charge in [-0.15, -0.1) is 0 Å². The summed E-state index contributed by atoms with van der Waals surface area (Å²) in [7, 11) is 0. The van der Waals surface area contributed by atoms with Crippen molar-refractivity contribution < 1.29 is 4.74 Å². The van der Waals surface area contributed by atoms with E-state index in [1.807, 2.05) is 6.20 Å². The minimum absolute atomic E-state index is 0.553. The summed E-state index contributed by atoms with van der Waals surface area (Å²) in [6.45, 7) is 3.99. The first-order valence-corrected chi connectivity index (χ1v) is 7.43. The molecule has 0 bridgehead atoms. The Kier molecular flexibility index (Phi) is 4.30. The number of pyridine rings is 1. The number of nitrogens with zero attached hydrogens (tertiary/aromatic N) is 1. The van der Waals surface area contributed by atoms with Crippen LogP contribution < -0.4 is 10.6 Å². The second-order valence-corrected chi connectivity index (χ2v) is 5.52. The summed E-state index contributed by atoms with van der Waals surface area (Å²) in [5, 5.41) is 7.03. The Labute approximate surface area is 115 Å². The predicted molar refractivity (Wildman–Crippen MR) is 76.5 cm³/mol. The summed E-state index contributed by atoms with van der Waals surface area (Å²) in [6, 6.07) is 4.88. The summed E-state index contributed by atoms with van der Waals surface area (Å²) >= 11 is 0. The summed E-state index contributed by atoms with van der Waals surface area (Å²) < 4.78 is 5.40. The van der Waals surface area contributed by atoms with Crippen LogP contribution in [0.15, 0.2) is 18.3 Å². The third kappa shape index (κ3) is 3.45. The molecule has 2 fully saturated rings. The quantitative estimate of drug-likeness (QED) is 0.875. The molecule has 0 aliphatic carbocycles. The third-order valence-corrected chi connectivity index (χ3v) is 4.13. The van der Waals surface area contributed by atoms with Gasteiger partial charge in [-0.3, -0.25) is 4.98 Å². The van der Waals surface area contributed by atoms with Crippen molar-refractivity contribution >= 4 is 5.69 Å². The summed E-state index contributed by atoms with van der Waals surface area (Å²) in [5.74, 6) is 0.623. The lowest BCUT2D eigenvalue weighted by molar-refractivity contribution is 0.0904. The number of hydrogen-bond donors (Lipinski definition) is 2. The number of rotatable bonds is 3. The van der Waals surface area contributed by atoms with Crippen molar-refractivity contribution in [2.75, 3.05) is 31.6 Å². The maximum Gasteiger partial charge on any atom is 0.0485 e. The zero-order valence-electron chi connectivity index (χ0n) is 11.4. The van der Waals surface area contributed by atoms with Crippen molar-refractivity contribution in [3.8, 4) is 0 Å². The molecule has 1 aromatic heterocycles. The second-order valence-electron chi connectivity index (χ2n) is 5.52. The molecule has 3 rings (SSSR count). The first kappa shape index (κ1) is 12.9.